The lowest BCUT2D eigenvalue weighted by atomic mass is 10.2. The summed E-state index contributed by atoms with van der Waals surface area (Å²) in [4.78, 5) is 19.3. The first-order valence-electron chi connectivity index (χ1n) is 8.20. The fraction of sp³-hybridized carbons (Fsp3) is 0.412. The van der Waals surface area contributed by atoms with E-state index in [1.165, 1.54) is 27.8 Å². The van der Waals surface area contributed by atoms with E-state index in [9.17, 15) is 17.6 Å². The Morgan fingerprint density at radius 1 is 1.15 bits per heavy atom. The number of aromatic nitrogens is 1. The van der Waals surface area contributed by atoms with Crippen LogP contribution < -0.4 is 0 Å². The number of rotatable bonds is 3. The van der Waals surface area contributed by atoms with E-state index in [0.29, 0.717) is 29.2 Å². The Labute approximate surface area is 156 Å². The van der Waals surface area contributed by atoms with E-state index in [0.717, 1.165) is 11.1 Å². The van der Waals surface area contributed by atoms with E-state index in [1.54, 1.807) is 18.7 Å². The van der Waals surface area contributed by atoms with Crippen molar-refractivity contribution < 1.29 is 17.6 Å². The molecule has 6 nitrogen and oxygen atoms in total. The molecule has 1 aliphatic heterocycles. The molecule has 2 heterocycles. The Bertz CT molecular complexity index is 948. The summed E-state index contributed by atoms with van der Waals surface area (Å²) in [6.45, 7) is 6.27. The molecule has 0 radical (unpaired) electrons. The van der Waals surface area contributed by atoms with E-state index in [4.69, 9.17) is 0 Å². The smallest absolute Gasteiger partial charge is 0.265 e. The van der Waals surface area contributed by atoms with Crippen molar-refractivity contribution in [1.82, 2.24) is 14.2 Å². The maximum atomic E-state index is 13.3. The molecular formula is C17H20FN3O3S2. The second-order valence-electron chi connectivity index (χ2n) is 6.25. The zero-order chi connectivity index (χ0) is 19.1. The van der Waals surface area contributed by atoms with Crippen molar-refractivity contribution >= 4 is 27.3 Å². The van der Waals surface area contributed by atoms with Crippen molar-refractivity contribution in [3.05, 3.63) is 45.2 Å². The zero-order valence-corrected chi connectivity index (χ0v) is 16.5. The summed E-state index contributed by atoms with van der Waals surface area (Å²) >= 11 is 1.35. The number of carbonyl (C=O) groups excluding carboxylic acids is 1. The average Bonchev–Trinajstić information content (AvgIpc) is 2.92. The number of aryl methyl sites for hydroxylation is 3. The van der Waals surface area contributed by atoms with E-state index < -0.39 is 15.8 Å². The number of carbonyl (C=O) groups is 1. The molecular weight excluding hydrogens is 377 g/mol. The highest BCUT2D eigenvalue weighted by Crippen LogP contribution is 2.24. The van der Waals surface area contributed by atoms with Crippen molar-refractivity contribution in [2.24, 2.45) is 0 Å². The second kappa shape index (κ2) is 7.05. The predicted octanol–water partition coefficient (Wildman–Crippen LogP) is 2.35. The first-order valence-corrected chi connectivity index (χ1v) is 10.5. The van der Waals surface area contributed by atoms with Crippen LogP contribution in [0.4, 0.5) is 4.39 Å². The van der Waals surface area contributed by atoms with E-state index in [-0.39, 0.29) is 23.9 Å². The number of nitrogens with zero attached hydrogens (tertiary/aromatic N) is 3. The van der Waals surface area contributed by atoms with E-state index in [1.807, 2.05) is 6.92 Å². The number of amides is 1. The molecule has 0 saturated carbocycles. The Hall–Kier alpha value is -1.84. The minimum atomic E-state index is -3.71. The number of benzene rings is 1. The Morgan fingerprint density at radius 3 is 2.35 bits per heavy atom. The van der Waals surface area contributed by atoms with E-state index in [2.05, 4.69) is 4.98 Å². The predicted molar refractivity (Wildman–Crippen MR) is 97.4 cm³/mol. The number of sulfonamides is 1. The number of piperazine rings is 1. The molecule has 9 heteroatoms. The van der Waals surface area contributed by atoms with Gasteiger partial charge in [-0.05, 0) is 44.5 Å². The van der Waals surface area contributed by atoms with Gasteiger partial charge in [0, 0.05) is 26.2 Å². The van der Waals surface area contributed by atoms with Gasteiger partial charge in [-0.1, -0.05) is 0 Å². The third kappa shape index (κ3) is 3.51. The van der Waals surface area contributed by atoms with Gasteiger partial charge in [-0.25, -0.2) is 17.8 Å². The Morgan fingerprint density at radius 2 is 1.81 bits per heavy atom. The van der Waals surface area contributed by atoms with Gasteiger partial charge >= 0.3 is 0 Å². The SMILES string of the molecule is Cc1nc(C)c(C(=O)N2CCN(S(=O)(=O)c3ccc(F)cc3C)CC2)s1. The summed E-state index contributed by atoms with van der Waals surface area (Å²) in [5, 5.41) is 0.832. The number of hydrogen-bond acceptors (Lipinski definition) is 5. The molecule has 1 saturated heterocycles. The molecule has 1 amide bonds. The zero-order valence-electron chi connectivity index (χ0n) is 14.8. The van der Waals surface area contributed by atoms with Crippen LogP contribution in [0.5, 0.6) is 0 Å². The molecule has 2 aromatic rings. The molecule has 3 rings (SSSR count). The van der Waals surface area contributed by atoms with Crippen molar-refractivity contribution in [3.8, 4) is 0 Å². The van der Waals surface area contributed by atoms with Gasteiger partial charge in [-0.2, -0.15) is 4.31 Å². The molecule has 0 unspecified atom stereocenters. The lowest BCUT2D eigenvalue weighted by Crippen LogP contribution is -2.50. The van der Waals surface area contributed by atoms with Crippen LogP contribution in [-0.4, -0.2) is 54.7 Å². The third-order valence-corrected chi connectivity index (χ3v) is 7.50. The van der Waals surface area contributed by atoms with Gasteiger partial charge < -0.3 is 4.90 Å². The quantitative estimate of drug-likeness (QED) is 0.797. The molecule has 1 aromatic heterocycles. The molecule has 1 fully saturated rings. The van der Waals surface area contributed by atoms with Crippen LogP contribution in [0.15, 0.2) is 23.1 Å². The molecule has 0 bridgehead atoms. The topological polar surface area (TPSA) is 70.6 Å². The fourth-order valence-electron chi connectivity index (χ4n) is 3.05. The lowest BCUT2D eigenvalue weighted by molar-refractivity contribution is 0.0702. The van der Waals surface area contributed by atoms with Crippen molar-refractivity contribution in [3.63, 3.8) is 0 Å². The van der Waals surface area contributed by atoms with Gasteiger partial charge in [0.05, 0.1) is 15.6 Å². The molecule has 140 valence electrons. The Balaban J connectivity index is 1.73. The van der Waals surface area contributed by atoms with Gasteiger partial charge in [0.1, 0.15) is 10.7 Å². The summed E-state index contributed by atoms with van der Waals surface area (Å²) in [6, 6.07) is 3.65. The maximum absolute atomic E-state index is 13.3. The molecule has 0 spiro atoms. The van der Waals surface area contributed by atoms with Crippen LogP contribution in [0.3, 0.4) is 0 Å². The molecule has 0 atom stereocenters. The van der Waals surface area contributed by atoms with Crippen LogP contribution in [-0.2, 0) is 10.0 Å². The number of hydrogen-bond donors (Lipinski definition) is 0. The standard InChI is InChI=1S/C17H20FN3O3S2/c1-11-10-14(18)4-5-15(11)26(23,24)21-8-6-20(7-9-21)17(22)16-12(2)19-13(3)25-16/h4-5,10H,6-9H2,1-3H3. The number of halogens is 1. The first-order chi connectivity index (χ1) is 12.2. The van der Waals surface area contributed by atoms with Crippen molar-refractivity contribution in [1.29, 1.82) is 0 Å². The van der Waals surface area contributed by atoms with Crippen LogP contribution in [0.25, 0.3) is 0 Å². The molecule has 0 N–H and O–H groups in total. The maximum Gasteiger partial charge on any atom is 0.265 e. The molecule has 1 aliphatic rings. The molecule has 26 heavy (non-hydrogen) atoms. The fourth-order valence-corrected chi connectivity index (χ4v) is 5.56. The largest absolute Gasteiger partial charge is 0.335 e. The average molecular weight is 397 g/mol. The highest BCUT2D eigenvalue weighted by atomic mass is 32.2. The first kappa shape index (κ1) is 18.9. The minimum absolute atomic E-state index is 0.104. The van der Waals surface area contributed by atoms with Crippen LogP contribution in [0.2, 0.25) is 0 Å². The van der Waals surface area contributed by atoms with Gasteiger partial charge in [-0.15, -0.1) is 11.3 Å². The van der Waals surface area contributed by atoms with Gasteiger partial charge in [0.25, 0.3) is 5.91 Å². The van der Waals surface area contributed by atoms with Crippen LogP contribution >= 0.6 is 11.3 Å². The van der Waals surface area contributed by atoms with Gasteiger partial charge in [-0.3, -0.25) is 4.79 Å². The van der Waals surface area contributed by atoms with Gasteiger partial charge in [0.15, 0.2) is 0 Å². The summed E-state index contributed by atoms with van der Waals surface area (Å²) in [6.07, 6.45) is 0. The molecule has 1 aromatic carbocycles. The normalized spacial score (nSPS) is 16.1. The second-order valence-corrected chi connectivity index (χ2v) is 9.36. The summed E-state index contributed by atoms with van der Waals surface area (Å²) in [5.74, 6) is -0.574. The highest BCUT2D eigenvalue weighted by molar-refractivity contribution is 7.89. The van der Waals surface area contributed by atoms with Crippen LogP contribution in [0, 0.1) is 26.6 Å². The van der Waals surface area contributed by atoms with Crippen LogP contribution in [0.1, 0.15) is 25.9 Å². The Kier molecular flexibility index (Phi) is 5.14. The monoisotopic (exact) mass is 397 g/mol. The summed E-state index contributed by atoms with van der Waals surface area (Å²) in [7, 11) is -3.71. The molecule has 0 aliphatic carbocycles. The highest BCUT2D eigenvalue weighted by Gasteiger charge is 2.32. The minimum Gasteiger partial charge on any atom is -0.335 e. The van der Waals surface area contributed by atoms with E-state index >= 15 is 0 Å². The summed E-state index contributed by atoms with van der Waals surface area (Å²) < 4.78 is 40.2. The summed E-state index contributed by atoms with van der Waals surface area (Å²) in [5.41, 5.74) is 1.08. The lowest BCUT2D eigenvalue weighted by Gasteiger charge is -2.34. The van der Waals surface area contributed by atoms with Crippen molar-refractivity contribution in [2.45, 2.75) is 25.7 Å². The third-order valence-electron chi connectivity index (χ3n) is 4.38. The number of thiazole rings is 1. The van der Waals surface area contributed by atoms with Crippen molar-refractivity contribution in [2.75, 3.05) is 26.2 Å². The van der Waals surface area contributed by atoms with Gasteiger partial charge in [0.2, 0.25) is 10.0 Å².